The molecule has 0 saturated heterocycles. The summed E-state index contributed by atoms with van der Waals surface area (Å²) in [6.45, 7) is 4.36. The van der Waals surface area contributed by atoms with Gasteiger partial charge in [0.1, 0.15) is 11.4 Å². The van der Waals surface area contributed by atoms with Crippen molar-refractivity contribution in [1.29, 1.82) is 0 Å². The summed E-state index contributed by atoms with van der Waals surface area (Å²) in [4.78, 5) is 12.9. The van der Waals surface area contributed by atoms with Crippen molar-refractivity contribution in [3.63, 3.8) is 0 Å². The highest BCUT2D eigenvalue weighted by Gasteiger charge is 2.15. The van der Waals surface area contributed by atoms with E-state index in [4.69, 9.17) is 21.4 Å². The minimum Gasteiger partial charge on any atom is -0.471 e. The summed E-state index contributed by atoms with van der Waals surface area (Å²) in [5.41, 5.74) is 5.85. The molecule has 0 radical (unpaired) electrons. The number of amides is 1. The quantitative estimate of drug-likeness (QED) is 0.278. The van der Waals surface area contributed by atoms with Gasteiger partial charge in [0.05, 0.1) is 11.4 Å². The minimum absolute atomic E-state index is 0.176. The molecular formula is C29H26ClN5O2. The van der Waals surface area contributed by atoms with E-state index in [-0.39, 0.29) is 12.6 Å². The number of benzene rings is 3. The number of rotatable bonds is 8. The Morgan fingerprint density at radius 3 is 2.32 bits per heavy atom. The lowest BCUT2D eigenvalue weighted by molar-refractivity contribution is 0.0944. The van der Waals surface area contributed by atoms with Gasteiger partial charge in [-0.25, -0.2) is 9.36 Å². The van der Waals surface area contributed by atoms with Gasteiger partial charge in [0.2, 0.25) is 0 Å². The van der Waals surface area contributed by atoms with Crippen molar-refractivity contribution in [2.24, 2.45) is 0 Å². The van der Waals surface area contributed by atoms with Gasteiger partial charge in [-0.05, 0) is 55.3 Å². The number of para-hydroxylation sites is 1. The molecule has 0 fully saturated rings. The van der Waals surface area contributed by atoms with E-state index in [2.05, 4.69) is 10.4 Å². The van der Waals surface area contributed by atoms with Crippen LogP contribution >= 0.6 is 11.6 Å². The van der Waals surface area contributed by atoms with Crippen LogP contribution in [-0.4, -0.2) is 25.5 Å². The zero-order valence-electron chi connectivity index (χ0n) is 20.6. The molecule has 0 saturated carbocycles. The molecule has 0 spiro atoms. The Balaban J connectivity index is 1.27. The summed E-state index contributed by atoms with van der Waals surface area (Å²) in [6.07, 6.45) is 3.66. The number of nitrogens with one attached hydrogen (secondary N) is 1. The average molecular weight is 512 g/mol. The van der Waals surface area contributed by atoms with Crippen LogP contribution in [0.3, 0.4) is 0 Å². The first-order valence-electron chi connectivity index (χ1n) is 11.9. The average Bonchev–Trinajstić information content (AvgIpc) is 3.58. The number of carbonyl (C=O) groups is 1. The number of halogens is 1. The molecule has 0 unspecified atom stereocenters. The summed E-state index contributed by atoms with van der Waals surface area (Å²) in [5, 5.41) is 12.9. The van der Waals surface area contributed by atoms with Crippen LogP contribution in [0.5, 0.6) is 5.75 Å². The maximum Gasteiger partial charge on any atom is 0.272 e. The Kier molecular flexibility index (Phi) is 7.05. The van der Waals surface area contributed by atoms with Crippen molar-refractivity contribution in [1.82, 2.24) is 24.9 Å². The summed E-state index contributed by atoms with van der Waals surface area (Å²) >= 11 is 6.23. The third-order valence-electron chi connectivity index (χ3n) is 5.94. The zero-order valence-corrected chi connectivity index (χ0v) is 21.3. The van der Waals surface area contributed by atoms with Crippen LogP contribution < -0.4 is 10.1 Å². The van der Waals surface area contributed by atoms with Crippen LogP contribution in [0.2, 0.25) is 5.02 Å². The van der Waals surface area contributed by atoms with E-state index in [0.29, 0.717) is 18.0 Å². The van der Waals surface area contributed by atoms with Crippen LogP contribution in [0.15, 0.2) is 91.3 Å². The topological polar surface area (TPSA) is 74.0 Å². The van der Waals surface area contributed by atoms with Gasteiger partial charge in [0.25, 0.3) is 5.91 Å². The number of aromatic nitrogens is 4. The third kappa shape index (κ3) is 5.57. The third-order valence-corrected chi connectivity index (χ3v) is 6.54. The fraction of sp³-hybridized carbons (Fsp3) is 0.138. The zero-order chi connectivity index (χ0) is 25.8. The monoisotopic (exact) mass is 511 g/mol. The summed E-state index contributed by atoms with van der Waals surface area (Å²) in [5.74, 6) is 0.424. The fourth-order valence-electron chi connectivity index (χ4n) is 4.04. The molecule has 2 aromatic heterocycles. The second-order valence-corrected chi connectivity index (χ2v) is 9.09. The van der Waals surface area contributed by atoms with E-state index in [1.54, 1.807) is 16.9 Å². The van der Waals surface area contributed by atoms with Crippen LogP contribution in [0, 0.1) is 13.8 Å². The number of nitrogens with zero attached hydrogens (tertiary/aromatic N) is 4. The van der Waals surface area contributed by atoms with Gasteiger partial charge in [-0.2, -0.15) is 10.2 Å². The highest BCUT2D eigenvalue weighted by molar-refractivity contribution is 6.32. The highest BCUT2D eigenvalue weighted by atomic mass is 35.5. The number of aryl methyl sites for hydroxylation is 2. The molecule has 8 heteroatoms. The van der Waals surface area contributed by atoms with E-state index < -0.39 is 0 Å². The molecule has 186 valence electrons. The standard InChI is InChI=1S/C29H26ClN5O2/c1-20-15-25(16-21(2)27(20)30)37-19-34-14-13-26(32-34)29(36)31-17-23-18-35(24-11-7-4-8-12-24)33-28(23)22-9-5-3-6-10-22/h3-16,18H,17,19H2,1-2H3,(H,31,36). The van der Waals surface area contributed by atoms with Crippen LogP contribution in [0.4, 0.5) is 0 Å². The second kappa shape index (κ2) is 10.7. The molecule has 0 atom stereocenters. The van der Waals surface area contributed by atoms with Crippen molar-refractivity contribution in [3.05, 3.63) is 119 Å². The predicted octanol–water partition coefficient (Wildman–Crippen LogP) is 5.97. The summed E-state index contributed by atoms with van der Waals surface area (Å²) < 4.78 is 9.25. The predicted molar refractivity (Wildman–Crippen MR) is 144 cm³/mol. The number of carbonyl (C=O) groups excluding carboxylic acids is 1. The van der Waals surface area contributed by atoms with Gasteiger partial charge in [-0.15, -0.1) is 0 Å². The van der Waals surface area contributed by atoms with Crippen molar-refractivity contribution < 1.29 is 9.53 Å². The largest absolute Gasteiger partial charge is 0.471 e. The van der Waals surface area contributed by atoms with Crippen molar-refractivity contribution >= 4 is 17.5 Å². The minimum atomic E-state index is -0.275. The SMILES string of the molecule is Cc1cc(OCn2ccc(C(=O)NCc3cn(-c4ccccc4)nc3-c3ccccc3)n2)cc(C)c1Cl. The molecule has 5 aromatic rings. The first kappa shape index (κ1) is 24.3. The molecule has 37 heavy (non-hydrogen) atoms. The van der Waals surface area contributed by atoms with Gasteiger partial charge in [-0.3, -0.25) is 4.79 Å². The Hall–Kier alpha value is -4.36. The molecule has 0 aliphatic rings. The molecule has 0 aliphatic heterocycles. The maximum atomic E-state index is 12.9. The van der Waals surface area contributed by atoms with Crippen molar-refractivity contribution in [2.45, 2.75) is 27.1 Å². The van der Waals surface area contributed by atoms with Gasteiger partial charge in [0, 0.05) is 35.1 Å². The van der Waals surface area contributed by atoms with Gasteiger partial charge in [-0.1, -0.05) is 60.1 Å². The van der Waals surface area contributed by atoms with Gasteiger partial charge in [0.15, 0.2) is 6.73 Å². The van der Waals surface area contributed by atoms with E-state index in [0.717, 1.165) is 38.7 Å². The number of hydrogen-bond donors (Lipinski definition) is 1. The van der Waals surface area contributed by atoms with E-state index in [1.165, 1.54) is 0 Å². The van der Waals surface area contributed by atoms with E-state index in [9.17, 15) is 4.79 Å². The normalized spacial score (nSPS) is 10.9. The van der Waals surface area contributed by atoms with Crippen molar-refractivity contribution in [2.75, 3.05) is 0 Å². The molecule has 1 amide bonds. The molecular weight excluding hydrogens is 486 g/mol. The first-order valence-corrected chi connectivity index (χ1v) is 12.3. The molecule has 2 heterocycles. The molecule has 5 rings (SSSR count). The Morgan fingerprint density at radius 1 is 0.946 bits per heavy atom. The maximum absolute atomic E-state index is 12.9. The van der Waals surface area contributed by atoms with Gasteiger partial charge >= 0.3 is 0 Å². The first-order chi connectivity index (χ1) is 18.0. The van der Waals surface area contributed by atoms with Crippen LogP contribution in [0.1, 0.15) is 27.2 Å². The van der Waals surface area contributed by atoms with E-state index in [1.807, 2.05) is 97.5 Å². The summed E-state index contributed by atoms with van der Waals surface area (Å²) in [7, 11) is 0. The Labute approximate surface area is 220 Å². The van der Waals surface area contributed by atoms with Crippen LogP contribution in [0.25, 0.3) is 16.9 Å². The smallest absolute Gasteiger partial charge is 0.272 e. The van der Waals surface area contributed by atoms with E-state index >= 15 is 0 Å². The second-order valence-electron chi connectivity index (χ2n) is 8.72. The molecule has 7 nitrogen and oxygen atoms in total. The lowest BCUT2D eigenvalue weighted by Crippen LogP contribution is -2.23. The Morgan fingerprint density at radius 2 is 1.62 bits per heavy atom. The fourth-order valence-corrected chi connectivity index (χ4v) is 4.15. The highest BCUT2D eigenvalue weighted by Crippen LogP contribution is 2.26. The summed E-state index contributed by atoms with van der Waals surface area (Å²) in [6, 6.07) is 25.2. The molecule has 0 aliphatic carbocycles. The molecule has 3 aromatic carbocycles. The van der Waals surface area contributed by atoms with Gasteiger partial charge < -0.3 is 10.1 Å². The number of ether oxygens (including phenoxy) is 1. The lowest BCUT2D eigenvalue weighted by atomic mass is 10.1. The lowest BCUT2D eigenvalue weighted by Gasteiger charge is -2.10. The Bertz CT molecular complexity index is 1500. The number of hydrogen-bond acceptors (Lipinski definition) is 4. The molecule has 1 N–H and O–H groups in total. The molecule has 0 bridgehead atoms. The van der Waals surface area contributed by atoms with Crippen molar-refractivity contribution in [3.8, 4) is 22.7 Å². The van der Waals surface area contributed by atoms with Crippen LogP contribution in [-0.2, 0) is 13.3 Å².